The molecule has 0 aromatic carbocycles. The van der Waals surface area contributed by atoms with Gasteiger partial charge >= 0.3 is 0 Å². The molecule has 0 bridgehead atoms. The van der Waals surface area contributed by atoms with Crippen molar-refractivity contribution < 1.29 is 0 Å². The van der Waals surface area contributed by atoms with Gasteiger partial charge in [-0.15, -0.1) is 0 Å². The standard InChI is InChI=1S/C7H8N2/c1-6-5-8-7-3-2-4-9(6)7/h2,4-5H,3H2,1H3. The van der Waals surface area contributed by atoms with Crippen LogP contribution < -0.4 is 0 Å². The molecule has 46 valence electrons. The summed E-state index contributed by atoms with van der Waals surface area (Å²) < 4.78 is 2.11. The van der Waals surface area contributed by atoms with Crippen LogP contribution in [0.15, 0.2) is 12.3 Å². The lowest BCUT2D eigenvalue weighted by Crippen LogP contribution is -1.88. The molecule has 2 heteroatoms. The van der Waals surface area contributed by atoms with Crippen molar-refractivity contribution in [2.24, 2.45) is 0 Å². The Morgan fingerprint density at radius 2 is 2.56 bits per heavy atom. The fourth-order valence-electron chi connectivity index (χ4n) is 1.11. The molecular weight excluding hydrogens is 112 g/mol. The summed E-state index contributed by atoms with van der Waals surface area (Å²) in [5.74, 6) is 1.16. The predicted octanol–water partition coefficient (Wildman–Crippen LogP) is 1.22. The molecule has 9 heavy (non-hydrogen) atoms. The molecule has 0 saturated heterocycles. The number of rotatable bonds is 0. The molecule has 0 unspecified atom stereocenters. The van der Waals surface area contributed by atoms with Crippen LogP contribution >= 0.6 is 0 Å². The van der Waals surface area contributed by atoms with Crippen molar-refractivity contribution in [3.05, 3.63) is 23.8 Å². The third kappa shape index (κ3) is 0.529. The summed E-state index contributed by atoms with van der Waals surface area (Å²) in [6.45, 7) is 2.06. The van der Waals surface area contributed by atoms with E-state index in [-0.39, 0.29) is 0 Å². The number of aromatic nitrogens is 2. The van der Waals surface area contributed by atoms with Gasteiger partial charge in [0.05, 0.1) is 0 Å². The summed E-state index contributed by atoms with van der Waals surface area (Å²) in [4.78, 5) is 4.20. The van der Waals surface area contributed by atoms with Crippen LogP contribution in [0.5, 0.6) is 0 Å². The van der Waals surface area contributed by atoms with E-state index in [0.29, 0.717) is 0 Å². The minimum atomic E-state index is 0.994. The van der Waals surface area contributed by atoms with E-state index in [9.17, 15) is 0 Å². The van der Waals surface area contributed by atoms with Crippen LogP contribution in [0.3, 0.4) is 0 Å². The molecule has 2 heterocycles. The van der Waals surface area contributed by atoms with Crippen LogP contribution in [0.2, 0.25) is 0 Å². The molecule has 0 fully saturated rings. The predicted molar refractivity (Wildman–Crippen MR) is 36.0 cm³/mol. The Kier molecular flexibility index (Phi) is 0.781. The average Bonchev–Trinajstić information content (AvgIpc) is 2.35. The van der Waals surface area contributed by atoms with E-state index in [1.54, 1.807) is 0 Å². The molecule has 0 radical (unpaired) electrons. The number of imidazole rings is 1. The molecule has 0 spiro atoms. The first kappa shape index (κ1) is 4.79. The van der Waals surface area contributed by atoms with Crippen molar-refractivity contribution in [1.29, 1.82) is 0 Å². The number of nitrogens with zero attached hydrogens (tertiary/aromatic N) is 2. The third-order valence-electron chi connectivity index (χ3n) is 1.61. The monoisotopic (exact) mass is 120 g/mol. The van der Waals surface area contributed by atoms with Crippen LogP contribution in [0.1, 0.15) is 11.5 Å². The van der Waals surface area contributed by atoms with E-state index in [2.05, 4.69) is 28.8 Å². The van der Waals surface area contributed by atoms with Crippen molar-refractivity contribution in [1.82, 2.24) is 9.55 Å². The summed E-state index contributed by atoms with van der Waals surface area (Å²) >= 11 is 0. The van der Waals surface area contributed by atoms with Crippen molar-refractivity contribution in [3.8, 4) is 0 Å². The van der Waals surface area contributed by atoms with Gasteiger partial charge < -0.3 is 4.57 Å². The second-order valence-electron chi connectivity index (χ2n) is 2.27. The number of hydrogen-bond acceptors (Lipinski definition) is 1. The quantitative estimate of drug-likeness (QED) is 0.503. The normalized spacial score (nSPS) is 14.3. The maximum absolute atomic E-state index is 4.20. The minimum absolute atomic E-state index is 0.994. The second kappa shape index (κ2) is 1.47. The highest BCUT2D eigenvalue weighted by Gasteiger charge is 2.06. The van der Waals surface area contributed by atoms with E-state index in [1.165, 1.54) is 5.69 Å². The van der Waals surface area contributed by atoms with Crippen molar-refractivity contribution in [2.45, 2.75) is 13.3 Å². The Morgan fingerprint density at radius 1 is 1.67 bits per heavy atom. The first-order valence-corrected chi connectivity index (χ1v) is 3.07. The van der Waals surface area contributed by atoms with E-state index in [4.69, 9.17) is 0 Å². The molecule has 0 atom stereocenters. The highest BCUT2D eigenvalue weighted by molar-refractivity contribution is 5.35. The van der Waals surface area contributed by atoms with Gasteiger partial charge in [0, 0.05) is 24.5 Å². The van der Waals surface area contributed by atoms with Gasteiger partial charge in [0.15, 0.2) is 0 Å². The first-order chi connectivity index (χ1) is 4.38. The highest BCUT2D eigenvalue weighted by atomic mass is 15.1. The van der Waals surface area contributed by atoms with E-state index in [1.807, 2.05) is 6.20 Å². The van der Waals surface area contributed by atoms with Crippen LogP contribution in [-0.4, -0.2) is 9.55 Å². The van der Waals surface area contributed by atoms with Gasteiger partial charge in [0.2, 0.25) is 0 Å². The molecule has 0 N–H and O–H groups in total. The highest BCUT2D eigenvalue weighted by Crippen LogP contribution is 2.11. The Morgan fingerprint density at radius 3 is 3.33 bits per heavy atom. The molecular formula is C7H8N2. The SMILES string of the molecule is Cc1cnc2n1C=CC2. The third-order valence-corrected chi connectivity index (χ3v) is 1.61. The number of fused-ring (bicyclic) bond motifs is 1. The maximum Gasteiger partial charge on any atom is 0.116 e. The summed E-state index contributed by atoms with van der Waals surface area (Å²) in [7, 11) is 0. The molecule has 1 aliphatic rings. The Balaban J connectivity index is 2.67. The molecule has 0 aliphatic carbocycles. The van der Waals surface area contributed by atoms with Crippen LogP contribution in [0.4, 0.5) is 0 Å². The van der Waals surface area contributed by atoms with Crippen molar-refractivity contribution in [3.63, 3.8) is 0 Å². The molecule has 1 aromatic rings. The Labute approximate surface area is 53.8 Å². The summed E-state index contributed by atoms with van der Waals surface area (Å²) in [5.41, 5.74) is 1.22. The average molecular weight is 120 g/mol. The zero-order valence-electron chi connectivity index (χ0n) is 5.33. The van der Waals surface area contributed by atoms with Gasteiger partial charge in [-0.05, 0) is 6.92 Å². The van der Waals surface area contributed by atoms with Crippen molar-refractivity contribution >= 4 is 6.20 Å². The minimum Gasteiger partial charge on any atom is -0.308 e. The van der Waals surface area contributed by atoms with Gasteiger partial charge in [-0.3, -0.25) is 0 Å². The summed E-state index contributed by atoms with van der Waals surface area (Å²) in [6, 6.07) is 0. The van der Waals surface area contributed by atoms with Gasteiger partial charge in [0.25, 0.3) is 0 Å². The van der Waals surface area contributed by atoms with Crippen LogP contribution in [0, 0.1) is 6.92 Å². The van der Waals surface area contributed by atoms with E-state index in [0.717, 1.165) is 12.2 Å². The van der Waals surface area contributed by atoms with E-state index >= 15 is 0 Å². The van der Waals surface area contributed by atoms with Crippen LogP contribution in [-0.2, 0) is 6.42 Å². The number of aryl methyl sites for hydroxylation is 1. The number of allylic oxidation sites excluding steroid dienone is 1. The lowest BCUT2D eigenvalue weighted by atomic mass is 10.4. The molecule has 1 aliphatic heterocycles. The smallest absolute Gasteiger partial charge is 0.116 e. The zero-order chi connectivity index (χ0) is 6.27. The molecule has 2 nitrogen and oxygen atoms in total. The molecule has 0 amide bonds. The molecule has 2 rings (SSSR count). The topological polar surface area (TPSA) is 17.8 Å². The molecule has 0 saturated carbocycles. The lowest BCUT2D eigenvalue weighted by molar-refractivity contribution is 0.993. The van der Waals surface area contributed by atoms with Crippen molar-refractivity contribution in [2.75, 3.05) is 0 Å². The maximum atomic E-state index is 4.20. The fraction of sp³-hybridized carbons (Fsp3) is 0.286. The largest absolute Gasteiger partial charge is 0.308 e. The van der Waals surface area contributed by atoms with Gasteiger partial charge in [-0.25, -0.2) is 4.98 Å². The fourth-order valence-corrected chi connectivity index (χ4v) is 1.11. The summed E-state index contributed by atoms with van der Waals surface area (Å²) in [6.07, 6.45) is 7.08. The Hall–Kier alpha value is -1.05. The van der Waals surface area contributed by atoms with Gasteiger partial charge in [-0.1, -0.05) is 6.08 Å². The van der Waals surface area contributed by atoms with Gasteiger partial charge in [-0.2, -0.15) is 0 Å². The number of hydrogen-bond donors (Lipinski definition) is 0. The summed E-state index contributed by atoms with van der Waals surface area (Å²) in [5, 5.41) is 0. The second-order valence-corrected chi connectivity index (χ2v) is 2.27. The van der Waals surface area contributed by atoms with Gasteiger partial charge in [0.1, 0.15) is 5.82 Å². The molecule has 1 aromatic heterocycles. The lowest BCUT2D eigenvalue weighted by Gasteiger charge is -1.92. The van der Waals surface area contributed by atoms with E-state index < -0.39 is 0 Å². The van der Waals surface area contributed by atoms with Crippen LogP contribution in [0.25, 0.3) is 6.20 Å². The zero-order valence-corrected chi connectivity index (χ0v) is 5.33. The first-order valence-electron chi connectivity index (χ1n) is 3.07. The Bertz CT molecular complexity index is 258.